The van der Waals surface area contributed by atoms with E-state index in [9.17, 15) is 4.21 Å². The molecule has 3 nitrogen and oxygen atoms in total. The molecular weight excluding hydrogens is 388 g/mol. The molecule has 3 rings (SSSR count). The van der Waals surface area contributed by atoms with E-state index in [2.05, 4.69) is 80.9 Å². The van der Waals surface area contributed by atoms with Crippen LogP contribution in [0.2, 0.25) is 0 Å². The molecule has 30 heavy (non-hydrogen) atoms. The van der Waals surface area contributed by atoms with Crippen LogP contribution in [0, 0.1) is 18.8 Å². The van der Waals surface area contributed by atoms with Gasteiger partial charge in [-0.1, -0.05) is 50.8 Å². The first kappa shape index (κ1) is 22.3. The second kappa shape index (κ2) is 9.62. The summed E-state index contributed by atoms with van der Waals surface area (Å²) in [5, 5.41) is -0.169. The Balaban J connectivity index is 2.13. The number of rotatable bonds is 4. The van der Waals surface area contributed by atoms with Crippen LogP contribution < -0.4 is 5.73 Å². The summed E-state index contributed by atoms with van der Waals surface area (Å²) in [5.41, 5.74) is 13.2. The highest BCUT2D eigenvalue weighted by Gasteiger charge is 2.27. The van der Waals surface area contributed by atoms with Crippen LogP contribution in [-0.2, 0) is 10.8 Å². The number of nitrogens with two attached hydrogens (primary N) is 1. The number of hydrogen-bond acceptors (Lipinski definition) is 3. The maximum absolute atomic E-state index is 12.5. The van der Waals surface area contributed by atoms with Crippen molar-refractivity contribution in [1.82, 2.24) is 0 Å². The summed E-state index contributed by atoms with van der Waals surface area (Å²) in [4.78, 5) is 4.66. The van der Waals surface area contributed by atoms with Crippen molar-refractivity contribution in [2.75, 3.05) is 5.75 Å². The summed E-state index contributed by atoms with van der Waals surface area (Å²) in [6.07, 6.45) is 1.92. The molecule has 0 spiro atoms. The lowest BCUT2D eigenvalue weighted by Crippen LogP contribution is -2.37. The van der Waals surface area contributed by atoms with E-state index in [0.29, 0.717) is 17.5 Å². The molecule has 1 aliphatic rings. The van der Waals surface area contributed by atoms with Crippen molar-refractivity contribution in [1.29, 1.82) is 0 Å². The minimum atomic E-state index is -0.997. The number of aryl methyl sites for hydroxylation is 1. The van der Waals surface area contributed by atoms with Crippen molar-refractivity contribution in [3.05, 3.63) is 58.7 Å². The van der Waals surface area contributed by atoms with Crippen LogP contribution >= 0.6 is 0 Å². The summed E-state index contributed by atoms with van der Waals surface area (Å²) in [6, 6.07) is 12.9. The summed E-state index contributed by atoms with van der Waals surface area (Å²) in [5.74, 6) is 7.92. The summed E-state index contributed by atoms with van der Waals surface area (Å²) >= 11 is 0. The highest BCUT2D eigenvalue weighted by Crippen LogP contribution is 2.36. The van der Waals surface area contributed by atoms with Crippen molar-refractivity contribution in [3.63, 3.8) is 0 Å². The van der Waals surface area contributed by atoms with Gasteiger partial charge in [0.2, 0.25) is 0 Å². The Labute approximate surface area is 183 Å². The van der Waals surface area contributed by atoms with Crippen LogP contribution in [0.3, 0.4) is 0 Å². The Morgan fingerprint density at radius 1 is 1.20 bits per heavy atom. The van der Waals surface area contributed by atoms with Crippen LogP contribution in [0.1, 0.15) is 74.8 Å². The maximum atomic E-state index is 12.5. The highest BCUT2D eigenvalue weighted by molar-refractivity contribution is 7.86. The maximum Gasteiger partial charge on any atom is 0.110 e. The normalized spacial score (nSPS) is 22.0. The number of hydrogen-bond donors (Lipinski definition) is 1. The van der Waals surface area contributed by atoms with Crippen molar-refractivity contribution >= 4 is 16.6 Å². The molecule has 1 heterocycles. The van der Waals surface area contributed by atoms with Crippen LogP contribution in [0.4, 0.5) is 0 Å². The van der Waals surface area contributed by atoms with Crippen LogP contribution in [0.5, 0.6) is 0 Å². The molecule has 0 saturated heterocycles. The van der Waals surface area contributed by atoms with E-state index in [-0.39, 0.29) is 11.3 Å². The van der Waals surface area contributed by atoms with Gasteiger partial charge in [0, 0.05) is 22.8 Å². The third-order valence-corrected chi connectivity index (χ3v) is 7.65. The molecule has 0 aliphatic carbocycles. The molecule has 0 radical (unpaired) electrons. The minimum Gasteiger partial charge on any atom is -0.386 e. The van der Waals surface area contributed by atoms with Crippen molar-refractivity contribution < 1.29 is 4.21 Å². The highest BCUT2D eigenvalue weighted by atomic mass is 32.2. The van der Waals surface area contributed by atoms with Gasteiger partial charge in [0.05, 0.1) is 17.0 Å². The van der Waals surface area contributed by atoms with Gasteiger partial charge in [0.1, 0.15) is 5.84 Å². The van der Waals surface area contributed by atoms with Crippen LogP contribution in [0.15, 0.2) is 41.4 Å². The predicted molar refractivity (Wildman–Crippen MR) is 129 cm³/mol. The molecule has 0 bridgehead atoms. The molecular formula is C26H32N2OS. The van der Waals surface area contributed by atoms with Gasteiger partial charge in [-0.3, -0.25) is 9.20 Å². The zero-order valence-electron chi connectivity index (χ0n) is 18.7. The Bertz CT molecular complexity index is 1040. The molecule has 2 N–H and O–H groups in total. The third kappa shape index (κ3) is 4.68. The number of benzene rings is 2. The Hall–Kier alpha value is -2.38. The molecule has 1 aliphatic heterocycles. The van der Waals surface area contributed by atoms with E-state index in [1.165, 1.54) is 22.3 Å². The average Bonchev–Trinajstić information content (AvgIpc) is 2.75. The standard InChI is InChI=1S/C26H32N2OS/c1-6-8-9-20-11-13-22(17(3)7-2)24(14-20)23-15-21(12-10-18(23)4)25-16-30(29)19(5)26(27)28-25/h10-15,17,19,25H,6-7,16H2,1-5H3,(H2,27,28). The quantitative estimate of drug-likeness (QED) is 0.665. The van der Waals surface area contributed by atoms with Gasteiger partial charge in [0.15, 0.2) is 0 Å². The Kier molecular flexibility index (Phi) is 7.15. The number of nitrogens with zero attached hydrogens (tertiary/aromatic N) is 1. The molecule has 4 atom stereocenters. The van der Waals surface area contributed by atoms with Gasteiger partial charge >= 0.3 is 0 Å². The van der Waals surface area contributed by atoms with Gasteiger partial charge < -0.3 is 5.73 Å². The molecule has 2 aromatic carbocycles. The van der Waals surface area contributed by atoms with Crippen LogP contribution in [0.25, 0.3) is 11.1 Å². The molecule has 0 aromatic heterocycles. The van der Waals surface area contributed by atoms with Gasteiger partial charge in [-0.2, -0.15) is 0 Å². The van der Waals surface area contributed by atoms with Gasteiger partial charge in [-0.05, 0) is 72.2 Å². The molecule has 158 valence electrons. The third-order valence-electron chi connectivity index (χ3n) is 5.98. The number of aliphatic imine (C=N–C) groups is 1. The summed E-state index contributed by atoms with van der Waals surface area (Å²) in [7, 11) is -0.997. The largest absolute Gasteiger partial charge is 0.386 e. The molecule has 0 amide bonds. The monoisotopic (exact) mass is 420 g/mol. The van der Waals surface area contributed by atoms with E-state index in [1.54, 1.807) is 0 Å². The van der Waals surface area contributed by atoms with Gasteiger partial charge in [0.25, 0.3) is 0 Å². The van der Waals surface area contributed by atoms with Crippen molar-refractivity contribution in [3.8, 4) is 23.0 Å². The smallest absolute Gasteiger partial charge is 0.110 e. The first-order valence-corrected chi connectivity index (χ1v) is 12.2. The lowest BCUT2D eigenvalue weighted by Gasteiger charge is -2.24. The van der Waals surface area contributed by atoms with E-state index in [4.69, 9.17) is 5.73 Å². The van der Waals surface area contributed by atoms with E-state index >= 15 is 0 Å². The Morgan fingerprint density at radius 2 is 1.97 bits per heavy atom. The number of amidine groups is 1. The predicted octanol–water partition coefficient (Wildman–Crippen LogP) is 5.49. The minimum absolute atomic E-state index is 0.156. The van der Waals surface area contributed by atoms with Crippen molar-refractivity contribution in [2.45, 2.75) is 64.7 Å². The zero-order chi connectivity index (χ0) is 21.8. The van der Waals surface area contributed by atoms with Gasteiger partial charge in [-0.15, -0.1) is 0 Å². The fourth-order valence-electron chi connectivity index (χ4n) is 3.77. The zero-order valence-corrected chi connectivity index (χ0v) is 19.5. The topological polar surface area (TPSA) is 55.5 Å². The van der Waals surface area contributed by atoms with E-state index < -0.39 is 10.8 Å². The molecule has 2 aromatic rings. The lowest BCUT2D eigenvalue weighted by molar-refractivity contribution is 0.667. The van der Waals surface area contributed by atoms with E-state index in [1.807, 2.05) is 6.92 Å². The fraction of sp³-hybridized carbons (Fsp3) is 0.423. The second-order valence-corrected chi connectivity index (χ2v) is 9.90. The SMILES string of the molecule is CCC#Cc1ccc(C(C)CC)c(-c2cc(C3CS(=O)C(C)C(N)=N3)ccc2C)c1. The van der Waals surface area contributed by atoms with Crippen LogP contribution in [-0.4, -0.2) is 21.0 Å². The lowest BCUT2D eigenvalue weighted by atomic mass is 9.86. The molecule has 4 unspecified atom stereocenters. The fourth-order valence-corrected chi connectivity index (χ4v) is 4.97. The van der Waals surface area contributed by atoms with Crippen molar-refractivity contribution in [2.24, 2.45) is 10.7 Å². The Morgan fingerprint density at radius 3 is 2.63 bits per heavy atom. The summed E-state index contributed by atoms with van der Waals surface area (Å²) in [6.45, 7) is 10.6. The first-order valence-electron chi connectivity index (χ1n) is 10.8. The summed E-state index contributed by atoms with van der Waals surface area (Å²) < 4.78 is 12.5. The van der Waals surface area contributed by atoms with E-state index in [0.717, 1.165) is 24.0 Å². The average molecular weight is 421 g/mol. The molecule has 0 saturated carbocycles. The molecule has 0 fully saturated rings. The first-order chi connectivity index (χ1) is 14.3. The second-order valence-electron chi connectivity index (χ2n) is 8.10. The molecule has 4 heteroatoms. The van der Waals surface area contributed by atoms with Gasteiger partial charge in [-0.25, -0.2) is 0 Å².